The van der Waals surface area contributed by atoms with Crippen LogP contribution < -0.4 is 4.90 Å². The Morgan fingerprint density at radius 1 is 1.22 bits per heavy atom. The van der Waals surface area contributed by atoms with Gasteiger partial charge in [-0.2, -0.15) is 5.10 Å². The third-order valence-corrected chi connectivity index (χ3v) is 3.13. The minimum absolute atomic E-state index is 0.0889. The van der Waals surface area contributed by atoms with Crippen LogP contribution in [0.5, 0.6) is 0 Å². The van der Waals surface area contributed by atoms with Crippen LogP contribution in [0, 0.1) is 0 Å². The van der Waals surface area contributed by atoms with E-state index in [0.717, 1.165) is 17.8 Å². The van der Waals surface area contributed by atoms with Crippen molar-refractivity contribution >= 4 is 17.5 Å². The average molecular weight is 266 g/mol. The average Bonchev–Trinajstić information content (AvgIpc) is 2.93. The molecule has 0 atom stereocenters. The summed E-state index contributed by atoms with van der Waals surface area (Å²) in [5.74, 6) is 0.658. The van der Waals surface area contributed by atoms with Crippen LogP contribution in [-0.4, -0.2) is 31.5 Å². The van der Waals surface area contributed by atoms with Gasteiger partial charge in [-0.3, -0.25) is 4.68 Å². The van der Waals surface area contributed by atoms with E-state index in [1.807, 2.05) is 10.9 Å². The number of hydrogen-bond acceptors (Lipinski definition) is 5. The van der Waals surface area contributed by atoms with Crippen molar-refractivity contribution in [3.05, 3.63) is 34.9 Å². The van der Waals surface area contributed by atoms with E-state index in [-0.39, 0.29) is 6.61 Å². The fourth-order valence-electron chi connectivity index (χ4n) is 2.10. The molecule has 2 aromatic heterocycles. The molecule has 7 heteroatoms. The van der Waals surface area contributed by atoms with Gasteiger partial charge in [0.2, 0.25) is 5.95 Å². The second-order valence-electron chi connectivity index (χ2n) is 4.12. The van der Waals surface area contributed by atoms with Gasteiger partial charge in [-0.25, -0.2) is 9.97 Å². The minimum atomic E-state index is 0.0889. The van der Waals surface area contributed by atoms with Gasteiger partial charge >= 0.3 is 0 Å². The molecule has 1 N–H and O–H groups in total. The Bertz CT molecular complexity index is 553. The molecule has 0 saturated carbocycles. The smallest absolute Gasteiger partial charge is 0.226 e. The maximum absolute atomic E-state index is 8.97. The minimum Gasteiger partial charge on any atom is -0.394 e. The molecule has 3 heterocycles. The van der Waals surface area contributed by atoms with Crippen molar-refractivity contribution in [2.45, 2.75) is 19.6 Å². The highest BCUT2D eigenvalue weighted by Gasteiger charge is 2.25. The van der Waals surface area contributed by atoms with Crippen LogP contribution in [0.25, 0.3) is 0 Å². The van der Waals surface area contributed by atoms with Crippen molar-refractivity contribution in [3.8, 4) is 0 Å². The molecule has 0 bridgehead atoms. The van der Waals surface area contributed by atoms with Crippen molar-refractivity contribution in [2.24, 2.45) is 0 Å². The number of nitrogens with zero attached hydrogens (tertiary/aromatic N) is 5. The molecular formula is C11H12ClN5O. The highest BCUT2D eigenvalue weighted by atomic mass is 35.5. The molecule has 6 nitrogen and oxygen atoms in total. The van der Waals surface area contributed by atoms with Crippen LogP contribution in [0.4, 0.5) is 5.95 Å². The van der Waals surface area contributed by atoms with E-state index in [4.69, 9.17) is 16.7 Å². The van der Waals surface area contributed by atoms with Gasteiger partial charge < -0.3 is 10.0 Å². The van der Waals surface area contributed by atoms with Crippen molar-refractivity contribution in [1.29, 1.82) is 0 Å². The first-order valence-corrected chi connectivity index (χ1v) is 6.02. The quantitative estimate of drug-likeness (QED) is 0.891. The van der Waals surface area contributed by atoms with E-state index in [1.54, 1.807) is 12.4 Å². The lowest BCUT2D eigenvalue weighted by Crippen LogP contribution is -2.19. The van der Waals surface area contributed by atoms with Crippen molar-refractivity contribution in [1.82, 2.24) is 19.7 Å². The maximum Gasteiger partial charge on any atom is 0.226 e. The largest absolute Gasteiger partial charge is 0.394 e. The predicted octanol–water partition coefficient (Wildman–Crippen LogP) is 0.839. The molecule has 0 aliphatic carbocycles. The molecule has 0 unspecified atom stereocenters. The summed E-state index contributed by atoms with van der Waals surface area (Å²) in [6.45, 7) is 2.05. The van der Waals surface area contributed by atoms with E-state index in [1.165, 1.54) is 0 Å². The standard InChI is InChI=1S/C11H12ClN5O/c12-9-4-13-11(14-5-9)16-6-8-3-15-17(1-2-18)10(8)7-16/h3-5,18H,1-2,6-7H2. The summed E-state index contributed by atoms with van der Waals surface area (Å²) in [7, 11) is 0. The Labute approximate surface area is 109 Å². The highest BCUT2D eigenvalue weighted by molar-refractivity contribution is 6.30. The summed E-state index contributed by atoms with van der Waals surface area (Å²) >= 11 is 5.77. The number of rotatable bonds is 3. The van der Waals surface area contributed by atoms with E-state index in [2.05, 4.69) is 20.0 Å². The summed E-state index contributed by atoms with van der Waals surface area (Å²) in [4.78, 5) is 10.5. The van der Waals surface area contributed by atoms with E-state index < -0.39 is 0 Å². The molecule has 0 amide bonds. The molecule has 0 spiro atoms. The summed E-state index contributed by atoms with van der Waals surface area (Å²) in [5, 5.41) is 13.7. The van der Waals surface area contributed by atoms with Gasteiger partial charge in [0.05, 0.1) is 49.0 Å². The SMILES string of the molecule is OCCn1ncc2c1CN(c1ncc(Cl)cn1)C2. The van der Waals surface area contributed by atoms with Gasteiger partial charge in [-0.1, -0.05) is 11.6 Å². The van der Waals surface area contributed by atoms with E-state index in [9.17, 15) is 0 Å². The number of aromatic nitrogens is 4. The number of anilines is 1. The normalized spacial score (nSPS) is 14.0. The summed E-state index contributed by atoms with van der Waals surface area (Å²) in [5.41, 5.74) is 2.27. The topological polar surface area (TPSA) is 67.1 Å². The van der Waals surface area contributed by atoms with Gasteiger partial charge in [0, 0.05) is 12.1 Å². The molecule has 18 heavy (non-hydrogen) atoms. The number of hydrogen-bond donors (Lipinski definition) is 1. The zero-order valence-corrected chi connectivity index (χ0v) is 10.4. The van der Waals surface area contributed by atoms with Crippen LogP contribution >= 0.6 is 11.6 Å². The second kappa shape index (κ2) is 4.55. The third kappa shape index (κ3) is 1.93. The Kier molecular flexibility index (Phi) is 2.89. The van der Waals surface area contributed by atoms with E-state index >= 15 is 0 Å². The first-order valence-electron chi connectivity index (χ1n) is 5.65. The molecule has 0 saturated heterocycles. The van der Waals surface area contributed by atoms with Crippen LogP contribution in [-0.2, 0) is 19.6 Å². The van der Waals surface area contributed by atoms with Crippen molar-refractivity contribution in [3.63, 3.8) is 0 Å². The van der Waals surface area contributed by atoms with Crippen LogP contribution in [0.2, 0.25) is 5.02 Å². The van der Waals surface area contributed by atoms with Gasteiger partial charge in [0.1, 0.15) is 0 Å². The van der Waals surface area contributed by atoms with E-state index in [0.29, 0.717) is 24.1 Å². The number of aliphatic hydroxyl groups excluding tert-OH is 1. The molecule has 3 rings (SSSR count). The Morgan fingerprint density at radius 3 is 2.72 bits per heavy atom. The van der Waals surface area contributed by atoms with Crippen LogP contribution in [0.15, 0.2) is 18.6 Å². The number of aliphatic hydroxyl groups is 1. The fourth-order valence-corrected chi connectivity index (χ4v) is 2.20. The molecule has 0 radical (unpaired) electrons. The Balaban J connectivity index is 1.82. The van der Waals surface area contributed by atoms with Crippen molar-refractivity contribution in [2.75, 3.05) is 11.5 Å². The maximum atomic E-state index is 8.97. The predicted molar refractivity (Wildman–Crippen MR) is 66.2 cm³/mol. The lowest BCUT2D eigenvalue weighted by atomic mass is 10.3. The first-order chi connectivity index (χ1) is 8.78. The number of fused-ring (bicyclic) bond motifs is 1. The molecule has 0 aromatic carbocycles. The Morgan fingerprint density at radius 2 is 2.00 bits per heavy atom. The zero-order valence-electron chi connectivity index (χ0n) is 9.62. The summed E-state index contributed by atoms with van der Waals surface area (Å²) < 4.78 is 1.82. The highest BCUT2D eigenvalue weighted by Crippen LogP contribution is 2.25. The second-order valence-corrected chi connectivity index (χ2v) is 4.56. The Hall–Kier alpha value is -1.66. The molecule has 1 aliphatic rings. The lowest BCUT2D eigenvalue weighted by Gasteiger charge is -2.15. The third-order valence-electron chi connectivity index (χ3n) is 2.94. The van der Waals surface area contributed by atoms with Gasteiger partial charge in [0.25, 0.3) is 0 Å². The van der Waals surface area contributed by atoms with Gasteiger partial charge in [-0.15, -0.1) is 0 Å². The molecular weight excluding hydrogens is 254 g/mol. The van der Waals surface area contributed by atoms with Crippen molar-refractivity contribution < 1.29 is 5.11 Å². The zero-order chi connectivity index (χ0) is 12.5. The molecule has 1 aliphatic heterocycles. The van der Waals surface area contributed by atoms with Crippen LogP contribution in [0.3, 0.4) is 0 Å². The fraction of sp³-hybridized carbons (Fsp3) is 0.364. The molecule has 2 aromatic rings. The monoisotopic (exact) mass is 265 g/mol. The number of halogens is 1. The molecule has 94 valence electrons. The molecule has 0 fully saturated rings. The first kappa shape index (κ1) is 11.4. The summed E-state index contributed by atoms with van der Waals surface area (Å²) in [6, 6.07) is 0. The summed E-state index contributed by atoms with van der Waals surface area (Å²) in [6.07, 6.45) is 5.01. The van der Waals surface area contributed by atoms with Crippen LogP contribution in [0.1, 0.15) is 11.3 Å². The van der Waals surface area contributed by atoms with Gasteiger partial charge in [0.15, 0.2) is 0 Å². The van der Waals surface area contributed by atoms with Gasteiger partial charge in [-0.05, 0) is 0 Å². The lowest BCUT2D eigenvalue weighted by molar-refractivity contribution is 0.267.